The first-order valence-corrected chi connectivity index (χ1v) is 11.6. The zero-order chi connectivity index (χ0) is 25.6. The summed E-state index contributed by atoms with van der Waals surface area (Å²) in [5.41, 5.74) is -0.670. The first kappa shape index (κ1) is 23.8. The summed E-state index contributed by atoms with van der Waals surface area (Å²) in [7, 11) is 1.76. The summed E-state index contributed by atoms with van der Waals surface area (Å²) >= 11 is 12.3. The molecule has 0 fully saturated rings. The van der Waals surface area contributed by atoms with Gasteiger partial charge in [0.25, 0.3) is 5.56 Å². The largest absolute Gasteiger partial charge is 0.545 e. The number of H-pyrrole nitrogens is 1. The number of imidazole rings is 1. The molecule has 0 amide bonds. The number of benzene rings is 3. The fourth-order valence-electron chi connectivity index (χ4n) is 4.52. The number of aromatic carboxylic acids is 1. The Morgan fingerprint density at radius 1 is 1.03 bits per heavy atom. The summed E-state index contributed by atoms with van der Waals surface area (Å²) < 4.78 is 1.69. The van der Waals surface area contributed by atoms with Gasteiger partial charge in [-0.2, -0.15) is 0 Å². The van der Waals surface area contributed by atoms with Gasteiger partial charge in [-0.15, -0.1) is 0 Å². The van der Waals surface area contributed by atoms with Crippen LogP contribution in [-0.4, -0.2) is 25.6 Å². The number of fused-ring (bicyclic) bond motifs is 1. The molecule has 3 aromatic carbocycles. The van der Waals surface area contributed by atoms with Crippen LogP contribution in [0, 0.1) is 0 Å². The molecule has 5 aromatic rings. The lowest BCUT2D eigenvalue weighted by molar-refractivity contribution is -0.255. The van der Waals surface area contributed by atoms with Gasteiger partial charge in [0.15, 0.2) is 5.60 Å². The Bertz CT molecular complexity index is 1690. The number of carboxylic acids is 1. The molecule has 0 saturated carbocycles. The van der Waals surface area contributed by atoms with E-state index in [1.165, 1.54) is 0 Å². The van der Waals surface area contributed by atoms with Crippen LogP contribution in [0.1, 0.15) is 27.2 Å². The van der Waals surface area contributed by atoms with Gasteiger partial charge in [-0.05, 0) is 53.1 Å². The van der Waals surface area contributed by atoms with Crippen molar-refractivity contribution in [3.8, 4) is 11.1 Å². The van der Waals surface area contributed by atoms with Gasteiger partial charge in [0.2, 0.25) is 0 Å². The van der Waals surface area contributed by atoms with Gasteiger partial charge in [-0.1, -0.05) is 53.5 Å². The normalized spacial score (nSPS) is 13.0. The SMILES string of the molecule is Cn1cncc1C(O)(c1ccc(Cl)cc1)c1ccc2[nH]c(=O)c(C(=O)[O-])c(-c3cccc(Cl)c3)c2c1. The third-order valence-electron chi connectivity index (χ3n) is 6.20. The molecule has 2 heterocycles. The number of hydrogen-bond donors (Lipinski definition) is 2. The fourth-order valence-corrected chi connectivity index (χ4v) is 4.83. The minimum absolute atomic E-state index is 0.140. The van der Waals surface area contributed by atoms with E-state index in [9.17, 15) is 19.8 Å². The van der Waals surface area contributed by atoms with Crippen LogP contribution in [0.5, 0.6) is 0 Å². The van der Waals surface area contributed by atoms with Crippen LogP contribution in [0.25, 0.3) is 22.0 Å². The highest BCUT2D eigenvalue weighted by Crippen LogP contribution is 2.40. The molecule has 0 aliphatic heterocycles. The Morgan fingerprint density at radius 2 is 1.75 bits per heavy atom. The molecule has 0 spiro atoms. The van der Waals surface area contributed by atoms with E-state index in [0.717, 1.165) is 0 Å². The number of aliphatic hydroxyl groups is 1. The minimum Gasteiger partial charge on any atom is -0.545 e. The lowest BCUT2D eigenvalue weighted by atomic mass is 9.82. The molecule has 0 saturated heterocycles. The maximum absolute atomic E-state index is 12.7. The molecule has 7 nitrogen and oxygen atoms in total. The van der Waals surface area contributed by atoms with E-state index in [2.05, 4.69) is 9.97 Å². The highest BCUT2D eigenvalue weighted by molar-refractivity contribution is 6.31. The van der Waals surface area contributed by atoms with Crippen molar-refractivity contribution in [2.45, 2.75) is 5.60 Å². The summed E-state index contributed by atoms with van der Waals surface area (Å²) in [6.07, 6.45) is 3.12. The monoisotopic (exact) mass is 518 g/mol. The Hall–Kier alpha value is -3.91. The average Bonchev–Trinajstić information content (AvgIpc) is 3.29. The summed E-state index contributed by atoms with van der Waals surface area (Å²) in [4.78, 5) is 31.6. The number of aryl methyl sites for hydroxylation is 1. The van der Waals surface area contributed by atoms with Gasteiger partial charge in [0.1, 0.15) is 0 Å². The number of aromatic amines is 1. The van der Waals surface area contributed by atoms with Gasteiger partial charge in [0.05, 0.1) is 29.8 Å². The van der Waals surface area contributed by atoms with Crippen LogP contribution in [0.15, 0.2) is 84.0 Å². The number of nitrogens with zero attached hydrogens (tertiary/aromatic N) is 2. The predicted octanol–water partition coefficient (Wildman–Crippen LogP) is 3.88. The van der Waals surface area contributed by atoms with Crippen molar-refractivity contribution in [2.75, 3.05) is 0 Å². The Labute approximate surface area is 215 Å². The molecular weight excluding hydrogens is 501 g/mol. The lowest BCUT2D eigenvalue weighted by Gasteiger charge is -2.30. The highest BCUT2D eigenvalue weighted by atomic mass is 35.5. The molecule has 180 valence electrons. The second-order valence-electron chi connectivity index (χ2n) is 8.37. The highest BCUT2D eigenvalue weighted by Gasteiger charge is 2.37. The fraction of sp³-hybridized carbons (Fsp3) is 0.0741. The van der Waals surface area contributed by atoms with Crippen LogP contribution in [0.3, 0.4) is 0 Å². The van der Waals surface area contributed by atoms with Crippen molar-refractivity contribution in [3.05, 3.63) is 122 Å². The minimum atomic E-state index is -1.69. The Balaban J connectivity index is 1.88. The standard InChI is InChI=1S/C27H19Cl2N3O4/c1-32-14-30-13-22(32)27(36,16-5-8-18(28)9-6-16)17-7-10-21-20(12-17)23(15-3-2-4-19(29)11-15)24(26(34)35)25(33)31-21/h2-14,36H,1H3,(H,31,33)(H,34,35)/p-1. The number of halogens is 2. The molecule has 0 aliphatic carbocycles. The molecule has 0 radical (unpaired) electrons. The molecule has 2 aromatic heterocycles. The van der Waals surface area contributed by atoms with Crippen molar-refractivity contribution in [3.63, 3.8) is 0 Å². The first-order chi connectivity index (χ1) is 17.2. The van der Waals surface area contributed by atoms with Gasteiger partial charge >= 0.3 is 0 Å². The zero-order valence-electron chi connectivity index (χ0n) is 18.8. The van der Waals surface area contributed by atoms with Crippen molar-refractivity contribution in [2.24, 2.45) is 7.05 Å². The number of nitrogens with one attached hydrogen (secondary N) is 1. The van der Waals surface area contributed by atoms with E-state index in [1.807, 2.05) is 0 Å². The number of carbonyl (C=O) groups excluding carboxylic acids is 1. The molecule has 5 rings (SSSR count). The van der Waals surface area contributed by atoms with Crippen LogP contribution in [-0.2, 0) is 12.6 Å². The smallest absolute Gasteiger partial charge is 0.258 e. The van der Waals surface area contributed by atoms with E-state index in [-0.39, 0.29) is 5.56 Å². The molecule has 2 N–H and O–H groups in total. The van der Waals surface area contributed by atoms with Crippen LogP contribution in [0.2, 0.25) is 10.0 Å². The van der Waals surface area contributed by atoms with Crippen molar-refractivity contribution < 1.29 is 15.0 Å². The molecule has 0 aliphatic rings. The van der Waals surface area contributed by atoms with Gasteiger partial charge in [-0.25, -0.2) is 4.98 Å². The van der Waals surface area contributed by atoms with Gasteiger partial charge in [0, 0.05) is 33.6 Å². The third-order valence-corrected chi connectivity index (χ3v) is 6.69. The summed E-state index contributed by atoms with van der Waals surface area (Å²) in [5.74, 6) is -1.63. The number of hydrogen-bond acceptors (Lipinski definition) is 5. The summed E-state index contributed by atoms with van der Waals surface area (Å²) in [5, 5.41) is 25.6. The van der Waals surface area contributed by atoms with Crippen molar-refractivity contribution in [1.29, 1.82) is 0 Å². The molecule has 0 bridgehead atoms. The van der Waals surface area contributed by atoms with E-state index < -0.39 is 22.7 Å². The third kappa shape index (κ3) is 3.87. The number of pyridine rings is 1. The Morgan fingerprint density at radius 3 is 2.39 bits per heavy atom. The number of rotatable bonds is 5. The molecular formula is C27H18Cl2N3O4-. The number of carbonyl (C=O) groups is 1. The van der Waals surface area contributed by atoms with E-state index in [4.69, 9.17) is 23.2 Å². The molecule has 36 heavy (non-hydrogen) atoms. The molecule has 1 atom stereocenters. The predicted molar refractivity (Wildman–Crippen MR) is 136 cm³/mol. The Kier molecular flexibility index (Phi) is 5.92. The summed E-state index contributed by atoms with van der Waals surface area (Å²) in [6, 6.07) is 18.2. The van der Waals surface area contributed by atoms with Crippen LogP contribution < -0.4 is 10.7 Å². The van der Waals surface area contributed by atoms with Crippen molar-refractivity contribution in [1.82, 2.24) is 14.5 Å². The first-order valence-electron chi connectivity index (χ1n) is 10.8. The summed E-state index contributed by atoms with van der Waals surface area (Å²) in [6.45, 7) is 0. The van der Waals surface area contributed by atoms with Crippen LogP contribution in [0.4, 0.5) is 0 Å². The molecule has 1 unspecified atom stereocenters. The molecule has 9 heteroatoms. The zero-order valence-corrected chi connectivity index (χ0v) is 20.3. The maximum Gasteiger partial charge on any atom is 0.258 e. The lowest BCUT2D eigenvalue weighted by Crippen LogP contribution is -2.32. The number of carboxylic acid groups (broad SMARTS) is 1. The van der Waals surface area contributed by atoms with E-state index >= 15 is 0 Å². The van der Waals surface area contributed by atoms with Gasteiger partial charge < -0.3 is 24.6 Å². The van der Waals surface area contributed by atoms with Crippen molar-refractivity contribution >= 4 is 40.1 Å². The van der Waals surface area contributed by atoms with E-state index in [0.29, 0.717) is 43.3 Å². The average molecular weight is 519 g/mol. The van der Waals surface area contributed by atoms with Crippen LogP contribution >= 0.6 is 23.2 Å². The number of aromatic nitrogens is 3. The second-order valence-corrected chi connectivity index (χ2v) is 9.24. The van der Waals surface area contributed by atoms with E-state index in [1.54, 1.807) is 90.9 Å². The quantitative estimate of drug-likeness (QED) is 0.366. The topological polar surface area (TPSA) is 111 Å². The second kappa shape index (κ2) is 8.95. The van der Waals surface area contributed by atoms with Gasteiger partial charge in [-0.3, -0.25) is 4.79 Å². The maximum atomic E-state index is 12.7.